The zero-order valence-electron chi connectivity index (χ0n) is 11.3. The molecule has 2 rings (SSSR count). The number of hydrogen-bond acceptors (Lipinski definition) is 3. The number of piperazine rings is 1. The van der Waals surface area contributed by atoms with E-state index in [1.807, 2.05) is 36.4 Å². The second-order valence-electron chi connectivity index (χ2n) is 5.01. The number of halogens is 1. The highest BCUT2D eigenvalue weighted by molar-refractivity contribution is 6.19. The van der Waals surface area contributed by atoms with Gasteiger partial charge in [-0.15, -0.1) is 11.6 Å². The summed E-state index contributed by atoms with van der Waals surface area (Å²) in [6.07, 6.45) is 3.63. The van der Waals surface area contributed by atoms with Crippen LogP contribution >= 0.6 is 11.6 Å². The van der Waals surface area contributed by atoms with E-state index in [1.165, 1.54) is 5.56 Å². The van der Waals surface area contributed by atoms with Crippen LogP contribution in [0, 0.1) is 5.92 Å². The maximum absolute atomic E-state index is 12.0. The van der Waals surface area contributed by atoms with Crippen molar-refractivity contribution in [3.63, 3.8) is 0 Å². The Labute approximate surface area is 119 Å². The molecule has 0 aliphatic carbocycles. The topological polar surface area (TPSA) is 36.4 Å². The third-order valence-electron chi connectivity index (χ3n) is 3.49. The summed E-state index contributed by atoms with van der Waals surface area (Å²) in [5, 5.41) is 0. The van der Waals surface area contributed by atoms with Crippen LogP contribution < -0.4 is 0 Å². The number of hydrogen-bond donors (Lipinski definition) is 0. The van der Waals surface area contributed by atoms with Gasteiger partial charge >= 0.3 is 0 Å². The zero-order chi connectivity index (χ0) is 13.7. The van der Waals surface area contributed by atoms with E-state index in [0.717, 1.165) is 32.7 Å². The third kappa shape index (κ3) is 3.91. The molecule has 0 aromatic carbocycles. The highest BCUT2D eigenvalue weighted by Crippen LogP contribution is 2.11. The molecule has 1 saturated heterocycles. The number of nitrogens with zero attached hydrogens (tertiary/aromatic N) is 3. The first-order chi connectivity index (χ1) is 9.20. The molecular weight excluding hydrogens is 262 g/mol. The zero-order valence-corrected chi connectivity index (χ0v) is 12.0. The van der Waals surface area contributed by atoms with Gasteiger partial charge in [0.1, 0.15) is 0 Å². The van der Waals surface area contributed by atoms with E-state index in [-0.39, 0.29) is 11.8 Å². The molecule has 1 atom stereocenters. The Morgan fingerprint density at radius 2 is 1.95 bits per heavy atom. The van der Waals surface area contributed by atoms with Crippen LogP contribution in [0.5, 0.6) is 0 Å². The Hall–Kier alpha value is -1.13. The Bertz CT molecular complexity index is 404. The predicted molar refractivity (Wildman–Crippen MR) is 76.0 cm³/mol. The van der Waals surface area contributed by atoms with Crippen molar-refractivity contribution in [2.24, 2.45) is 5.92 Å². The van der Waals surface area contributed by atoms with Crippen molar-refractivity contribution in [3.8, 4) is 0 Å². The molecule has 0 spiro atoms. The lowest BCUT2D eigenvalue weighted by Crippen LogP contribution is -2.49. The fourth-order valence-corrected chi connectivity index (χ4v) is 2.38. The minimum absolute atomic E-state index is 0.0755. The van der Waals surface area contributed by atoms with E-state index in [2.05, 4.69) is 9.88 Å². The molecule has 1 aromatic rings. The van der Waals surface area contributed by atoms with E-state index in [1.54, 1.807) is 0 Å². The van der Waals surface area contributed by atoms with E-state index in [9.17, 15) is 4.79 Å². The van der Waals surface area contributed by atoms with Crippen molar-refractivity contribution in [2.45, 2.75) is 13.5 Å². The van der Waals surface area contributed by atoms with Crippen LogP contribution in [0.15, 0.2) is 24.5 Å². The smallest absolute Gasteiger partial charge is 0.226 e. The molecule has 1 unspecified atom stereocenters. The van der Waals surface area contributed by atoms with Gasteiger partial charge in [0.15, 0.2) is 0 Å². The molecule has 1 aliphatic heterocycles. The molecule has 0 bridgehead atoms. The molecule has 1 aliphatic rings. The Kier molecular flexibility index (Phi) is 5.16. The molecule has 0 N–H and O–H groups in total. The maximum Gasteiger partial charge on any atom is 0.226 e. The summed E-state index contributed by atoms with van der Waals surface area (Å²) >= 11 is 5.74. The number of alkyl halides is 1. The number of rotatable bonds is 4. The fourth-order valence-electron chi connectivity index (χ4n) is 2.25. The first-order valence-corrected chi connectivity index (χ1v) is 7.20. The third-order valence-corrected chi connectivity index (χ3v) is 3.96. The van der Waals surface area contributed by atoms with Crippen molar-refractivity contribution < 1.29 is 4.79 Å². The number of aromatic nitrogens is 1. The van der Waals surface area contributed by atoms with Gasteiger partial charge in [0.05, 0.1) is 0 Å². The van der Waals surface area contributed by atoms with E-state index >= 15 is 0 Å². The van der Waals surface area contributed by atoms with Gasteiger partial charge in [-0.3, -0.25) is 14.7 Å². The van der Waals surface area contributed by atoms with Crippen LogP contribution in [0.4, 0.5) is 0 Å². The summed E-state index contributed by atoms with van der Waals surface area (Å²) in [6, 6.07) is 4.07. The number of pyridine rings is 1. The van der Waals surface area contributed by atoms with Crippen molar-refractivity contribution in [3.05, 3.63) is 30.1 Å². The molecule has 5 heteroatoms. The lowest BCUT2D eigenvalue weighted by atomic mass is 10.1. The lowest BCUT2D eigenvalue weighted by Gasteiger charge is -2.35. The largest absolute Gasteiger partial charge is 0.340 e. The average Bonchev–Trinajstić information content (AvgIpc) is 2.47. The van der Waals surface area contributed by atoms with Gasteiger partial charge in [-0.25, -0.2) is 0 Å². The number of carbonyl (C=O) groups excluding carboxylic acids is 1. The monoisotopic (exact) mass is 281 g/mol. The minimum Gasteiger partial charge on any atom is -0.340 e. The van der Waals surface area contributed by atoms with Gasteiger partial charge < -0.3 is 4.90 Å². The van der Waals surface area contributed by atoms with Crippen LogP contribution in [-0.4, -0.2) is 52.8 Å². The quantitative estimate of drug-likeness (QED) is 0.787. The molecule has 0 radical (unpaired) electrons. The van der Waals surface area contributed by atoms with Gasteiger partial charge in [-0.1, -0.05) is 6.92 Å². The molecule has 0 saturated carbocycles. The molecular formula is C14H20ClN3O. The average molecular weight is 282 g/mol. The summed E-state index contributed by atoms with van der Waals surface area (Å²) in [4.78, 5) is 20.3. The van der Waals surface area contributed by atoms with Gasteiger partial charge in [0.2, 0.25) is 5.91 Å². The fraction of sp³-hybridized carbons (Fsp3) is 0.571. The van der Waals surface area contributed by atoms with Gasteiger partial charge in [0, 0.05) is 56.9 Å². The van der Waals surface area contributed by atoms with Crippen LogP contribution in [0.25, 0.3) is 0 Å². The molecule has 19 heavy (non-hydrogen) atoms. The summed E-state index contributed by atoms with van der Waals surface area (Å²) < 4.78 is 0. The van der Waals surface area contributed by atoms with Crippen molar-refractivity contribution in [2.75, 3.05) is 32.1 Å². The van der Waals surface area contributed by atoms with E-state index in [4.69, 9.17) is 11.6 Å². The number of amides is 1. The van der Waals surface area contributed by atoms with Crippen molar-refractivity contribution in [1.82, 2.24) is 14.8 Å². The normalized spacial score (nSPS) is 18.3. The van der Waals surface area contributed by atoms with E-state index < -0.39 is 0 Å². The second kappa shape index (κ2) is 6.87. The summed E-state index contributed by atoms with van der Waals surface area (Å²) in [5.41, 5.74) is 1.27. The van der Waals surface area contributed by atoms with E-state index in [0.29, 0.717) is 5.88 Å². The maximum atomic E-state index is 12.0. The van der Waals surface area contributed by atoms with Crippen molar-refractivity contribution in [1.29, 1.82) is 0 Å². The first kappa shape index (κ1) is 14.3. The van der Waals surface area contributed by atoms with Gasteiger partial charge in [-0.05, 0) is 17.7 Å². The van der Waals surface area contributed by atoms with Crippen LogP contribution in [0.1, 0.15) is 12.5 Å². The summed E-state index contributed by atoms with van der Waals surface area (Å²) in [5.74, 6) is 0.503. The van der Waals surface area contributed by atoms with Crippen molar-refractivity contribution >= 4 is 17.5 Å². The Balaban J connectivity index is 1.81. The molecule has 104 valence electrons. The second-order valence-corrected chi connectivity index (χ2v) is 5.32. The SMILES string of the molecule is CC(CCl)C(=O)N1CCN(Cc2ccncc2)CC1. The minimum atomic E-state index is -0.0755. The number of carbonyl (C=O) groups is 1. The van der Waals surface area contributed by atoms with Gasteiger partial charge in [-0.2, -0.15) is 0 Å². The molecule has 2 heterocycles. The standard InChI is InChI=1S/C14H20ClN3O/c1-12(10-15)14(19)18-8-6-17(7-9-18)11-13-2-4-16-5-3-13/h2-5,12H,6-11H2,1H3. The highest BCUT2D eigenvalue weighted by atomic mass is 35.5. The molecule has 1 aromatic heterocycles. The summed E-state index contributed by atoms with van der Waals surface area (Å²) in [7, 11) is 0. The Morgan fingerprint density at radius 3 is 2.53 bits per heavy atom. The summed E-state index contributed by atoms with van der Waals surface area (Å²) in [6.45, 7) is 6.25. The van der Waals surface area contributed by atoms with Crippen LogP contribution in [-0.2, 0) is 11.3 Å². The molecule has 1 fully saturated rings. The molecule has 1 amide bonds. The first-order valence-electron chi connectivity index (χ1n) is 6.66. The highest BCUT2D eigenvalue weighted by Gasteiger charge is 2.24. The van der Waals surface area contributed by atoms with Crippen LogP contribution in [0.3, 0.4) is 0 Å². The van der Waals surface area contributed by atoms with Crippen LogP contribution in [0.2, 0.25) is 0 Å². The lowest BCUT2D eigenvalue weighted by molar-refractivity contribution is -0.136. The molecule has 4 nitrogen and oxygen atoms in total. The van der Waals surface area contributed by atoms with Gasteiger partial charge in [0.25, 0.3) is 0 Å². The Morgan fingerprint density at radius 1 is 1.32 bits per heavy atom. The predicted octanol–water partition coefficient (Wildman–Crippen LogP) is 1.60.